The Morgan fingerprint density at radius 1 is 1.12 bits per heavy atom. The first-order valence-corrected chi connectivity index (χ1v) is 8.43. The lowest BCUT2D eigenvalue weighted by Gasteiger charge is -2.31. The Kier molecular flexibility index (Phi) is 3.99. The number of methoxy groups -OCH3 is 1. The molecule has 2 aromatic carbocycles. The summed E-state index contributed by atoms with van der Waals surface area (Å²) in [5, 5.41) is 0.725. The van der Waals surface area contributed by atoms with E-state index in [0.717, 1.165) is 16.5 Å². The molecule has 1 aliphatic heterocycles. The maximum atomic E-state index is 12.8. The van der Waals surface area contributed by atoms with E-state index in [9.17, 15) is 9.59 Å². The van der Waals surface area contributed by atoms with Crippen molar-refractivity contribution in [1.29, 1.82) is 0 Å². The molecule has 0 N–H and O–H groups in total. The minimum absolute atomic E-state index is 0.145. The van der Waals surface area contributed by atoms with Gasteiger partial charge in [-0.05, 0) is 24.6 Å². The van der Waals surface area contributed by atoms with E-state index in [0.29, 0.717) is 16.9 Å². The number of carbonyl (C=O) groups excluding carboxylic acids is 1. The van der Waals surface area contributed by atoms with Gasteiger partial charge in [-0.3, -0.25) is 4.79 Å². The van der Waals surface area contributed by atoms with E-state index in [1.165, 1.54) is 7.11 Å². The summed E-state index contributed by atoms with van der Waals surface area (Å²) >= 11 is 0. The van der Waals surface area contributed by atoms with Gasteiger partial charge >= 0.3 is 11.6 Å². The van der Waals surface area contributed by atoms with Gasteiger partial charge < -0.3 is 13.9 Å². The number of rotatable bonds is 2. The average Bonchev–Trinajstić information content (AvgIpc) is 2.67. The van der Waals surface area contributed by atoms with Crippen LogP contribution in [0, 0.1) is 12.8 Å². The number of hydrogen-bond acceptors (Lipinski definition) is 5. The van der Waals surface area contributed by atoms with E-state index in [-0.39, 0.29) is 6.61 Å². The van der Waals surface area contributed by atoms with Crippen LogP contribution in [0.4, 0.5) is 0 Å². The maximum absolute atomic E-state index is 12.8. The number of esters is 1. The van der Waals surface area contributed by atoms with E-state index in [4.69, 9.17) is 13.9 Å². The summed E-state index contributed by atoms with van der Waals surface area (Å²) in [6, 6.07) is 15.0. The van der Waals surface area contributed by atoms with Crippen LogP contribution in [-0.2, 0) is 9.53 Å². The lowest BCUT2D eigenvalue weighted by atomic mass is 9.79. The summed E-state index contributed by atoms with van der Waals surface area (Å²) in [7, 11) is 1.34. The van der Waals surface area contributed by atoms with E-state index < -0.39 is 23.4 Å². The van der Waals surface area contributed by atoms with Crippen LogP contribution in [0.1, 0.15) is 22.6 Å². The molecule has 2 heterocycles. The second kappa shape index (κ2) is 6.33. The second-order valence-corrected chi connectivity index (χ2v) is 6.46. The third kappa shape index (κ3) is 2.56. The summed E-state index contributed by atoms with van der Waals surface area (Å²) in [6.07, 6.45) is 0. The lowest BCUT2D eigenvalue weighted by molar-refractivity contribution is -0.147. The van der Waals surface area contributed by atoms with Gasteiger partial charge in [0.25, 0.3) is 0 Å². The molecule has 26 heavy (non-hydrogen) atoms. The van der Waals surface area contributed by atoms with Crippen molar-refractivity contribution in [3.05, 3.63) is 75.6 Å². The zero-order chi connectivity index (χ0) is 18.3. The van der Waals surface area contributed by atoms with Crippen molar-refractivity contribution in [1.82, 2.24) is 0 Å². The molecule has 0 radical (unpaired) electrons. The Hall–Kier alpha value is -3.08. The van der Waals surface area contributed by atoms with Crippen LogP contribution in [0.3, 0.4) is 0 Å². The highest BCUT2D eigenvalue weighted by atomic mass is 16.5. The summed E-state index contributed by atoms with van der Waals surface area (Å²) < 4.78 is 16.3. The molecule has 132 valence electrons. The van der Waals surface area contributed by atoms with Gasteiger partial charge in [0, 0.05) is 5.92 Å². The van der Waals surface area contributed by atoms with Crippen molar-refractivity contribution in [2.45, 2.75) is 12.8 Å². The monoisotopic (exact) mass is 350 g/mol. The largest absolute Gasteiger partial charge is 0.491 e. The van der Waals surface area contributed by atoms with Gasteiger partial charge in [-0.25, -0.2) is 4.79 Å². The number of ether oxygens (including phenoxy) is 2. The molecule has 4 rings (SSSR count). The van der Waals surface area contributed by atoms with Crippen LogP contribution in [0.15, 0.2) is 57.7 Å². The third-order valence-electron chi connectivity index (χ3n) is 4.86. The Bertz CT molecular complexity index is 1030. The van der Waals surface area contributed by atoms with Gasteiger partial charge in [-0.15, -0.1) is 0 Å². The van der Waals surface area contributed by atoms with Gasteiger partial charge in [-0.1, -0.05) is 42.0 Å². The molecule has 0 saturated heterocycles. The van der Waals surface area contributed by atoms with Crippen LogP contribution in [0.5, 0.6) is 5.75 Å². The molecular formula is C21H18O5. The van der Waals surface area contributed by atoms with E-state index in [2.05, 4.69) is 0 Å². The van der Waals surface area contributed by atoms with Crippen molar-refractivity contribution >= 4 is 16.9 Å². The predicted octanol–water partition coefficient (Wildman–Crippen LogP) is 3.41. The molecule has 0 unspecified atom stereocenters. The van der Waals surface area contributed by atoms with E-state index in [1.54, 1.807) is 12.1 Å². The van der Waals surface area contributed by atoms with Crippen molar-refractivity contribution in [3.8, 4) is 5.75 Å². The minimum atomic E-state index is -0.612. The summed E-state index contributed by atoms with van der Waals surface area (Å²) in [5.41, 5.74) is 2.31. The third-order valence-corrected chi connectivity index (χ3v) is 4.86. The molecule has 2 atom stereocenters. The van der Waals surface area contributed by atoms with Crippen LogP contribution in [-0.4, -0.2) is 19.7 Å². The topological polar surface area (TPSA) is 65.7 Å². The molecule has 0 amide bonds. The lowest BCUT2D eigenvalue weighted by Crippen LogP contribution is -2.36. The highest BCUT2D eigenvalue weighted by Crippen LogP contribution is 2.43. The van der Waals surface area contributed by atoms with Crippen LogP contribution in [0.25, 0.3) is 11.0 Å². The molecule has 3 aromatic rings. The standard InChI is InChI=1S/C21H18O5/c1-12-7-9-13(10-8-12)17-15(20(22)24-2)11-25-19-14-5-3-4-6-16(14)26-21(23)18(17)19/h3-10,15,17H,11H2,1-2H3/t15-,17-/m1/s1. The fraction of sp³-hybridized carbons (Fsp3) is 0.238. The summed E-state index contributed by atoms with van der Waals surface area (Å²) in [6.45, 7) is 2.13. The first-order valence-electron chi connectivity index (χ1n) is 8.43. The molecule has 0 fully saturated rings. The Balaban J connectivity index is 1.99. The molecule has 0 spiro atoms. The zero-order valence-corrected chi connectivity index (χ0v) is 14.5. The van der Waals surface area contributed by atoms with Gasteiger partial charge in [-0.2, -0.15) is 0 Å². The van der Waals surface area contributed by atoms with Gasteiger partial charge in [0.05, 0.1) is 18.1 Å². The van der Waals surface area contributed by atoms with Crippen molar-refractivity contribution in [2.24, 2.45) is 5.92 Å². The number of hydrogen-bond donors (Lipinski definition) is 0. The predicted molar refractivity (Wildman–Crippen MR) is 96.5 cm³/mol. The van der Waals surface area contributed by atoms with Gasteiger partial charge in [0.15, 0.2) is 0 Å². The minimum Gasteiger partial charge on any atom is -0.491 e. The molecule has 1 aromatic heterocycles. The molecule has 5 heteroatoms. The summed E-state index contributed by atoms with van der Waals surface area (Å²) in [5.74, 6) is -1.01. The number of para-hydroxylation sites is 1. The molecule has 0 bridgehead atoms. The van der Waals surface area contributed by atoms with E-state index in [1.807, 2.05) is 43.3 Å². The molecular weight excluding hydrogens is 332 g/mol. The molecule has 0 aliphatic carbocycles. The van der Waals surface area contributed by atoms with Gasteiger partial charge in [0.2, 0.25) is 0 Å². The first-order chi connectivity index (χ1) is 12.6. The Morgan fingerprint density at radius 2 is 1.85 bits per heavy atom. The zero-order valence-electron chi connectivity index (χ0n) is 14.5. The Labute approximate surface area is 150 Å². The fourth-order valence-electron chi connectivity index (χ4n) is 3.56. The molecule has 0 saturated carbocycles. The first kappa shape index (κ1) is 16.4. The fourth-order valence-corrected chi connectivity index (χ4v) is 3.56. The SMILES string of the molecule is COC(=O)[C@@H]1COc2c(c(=O)oc3ccccc23)[C@@H]1c1ccc(C)cc1. The number of carbonyl (C=O) groups is 1. The second-order valence-electron chi connectivity index (χ2n) is 6.46. The van der Waals surface area contributed by atoms with Gasteiger partial charge in [0.1, 0.15) is 23.9 Å². The quantitative estimate of drug-likeness (QED) is 0.523. The highest BCUT2D eigenvalue weighted by Gasteiger charge is 2.41. The number of fused-ring (bicyclic) bond motifs is 3. The number of benzene rings is 2. The van der Waals surface area contributed by atoms with Crippen molar-refractivity contribution in [3.63, 3.8) is 0 Å². The summed E-state index contributed by atoms with van der Waals surface area (Å²) in [4.78, 5) is 25.2. The normalized spacial score (nSPS) is 18.8. The maximum Gasteiger partial charge on any atom is 0.343 e. The van der Waals surface area contributed by atoms with Crippen molar-refractivity contribution in [2.75, 3.05) is 13.7 Å². The van der Waals surface area contributed by atoms with E-state index >= 15 is 0 Å². The highest BCUT2D eigenvalue weighted by molar-refractivity contribution is 5.86. The van der Waals surface area contributed by atoms with Crippen LogP contribution < -0.4 is 10.4 Å². The molecule has 5 nitrogen and oxygen atoms in total. The van der Waals surface area contributed by atoms with Crippen LogP contribution >= 0.6 is 0 Å². The number of aryl methyl sites for hydroxylation is 1. The van der Waals surface area contributed by atoms with Crippen LogP contribution in [0.2, 0.25) is 0 Å². The smallest absolute Gasteiger partial charge is 0.343 e. The Morgan fingerprint density at radius 3 is 2.58 bits per heavy atom. The average molecular weight is 350 g/mol. The van der Waals surface area contributed by atoms with Crippen molar-refractivity contribution < 1.29 is 18.7 Å². The molecule has 1 aliphatic rings.